The Morgan fingerprint density at radius 3 is 2.46 bits per heavy atom. The molecule has 0 N–H and O–H groups in total. The molecule has 1 atom stereocenters. The predicted molar refractivity (Wildman–Crippen MR) is 102 cm³/mol. The molecule has 24 heavy (non-hydrogen) atoms. The Bertz CT molecular complexity index is 915. The van der Waals surface area contributed by atoms with Crippen molar-refractivity contribution >= 4 is 38.8 Å². The van der Waals surface area contributed by atoms with Gasteiger partial charge in [0, 0.05) is 12.0 Å². The van der Waals surface area contributed by atoms with Crippen molar-refractivity contribution < 1.29 is 9.59 Å². The van der Waals surface area contributed by atoms with E-state index in [-0.39, 0.29) is 10.6 Å². The van der Waals surface area contributed by atoms with Crippen molar-refractivity contribution in [2.75, 3.05) is 0 Å². The molecule has 0 aliphatic carbocycles. The van der Waals surface area contributed by atoms with Crippen molar-refractivity contribution in [3.63, 3.8) is 0 Å². The molecule has 0 amide bonds. The molecule has 3 aromatic carbocycles. The Labute approximate surface area is 149 Å². The maximum absolute atomic E-state index is 11.9. The number of benzene rings is 3. The van der Waals surface area contributed by atoms with Gasteiger partial charge in [0.25, 0.3) is 0 Å². The molecule has 0 aliphatic rings. The summed E-state index contributed by atoms with van der Waals surface area (Å²) >= 11 is 3.35. The minimum Gasteiger partial charge on any atom is -0.302 e. The van der Waals surface area contributed by atoms with Crippen molar-refractivity contribution in [3.8, 4) is 11.1 Å². The van der Waals surface area contributed by atoms with Gasteiger partial charge in [-0.1, -0.05) is 65.3 Å². The molecule has 0 fully saturated rings. The molecule has 1 unspecified atom stereocenters. The third-order valence-electron chi connectivity index (χ3n) is 4.14. The molecule has 0 spiro atoms. The van der Waals surface area contributed by atoms with E-state index in [1.54, 1.807) is 0 Å². The van der Waals surface area contributed by atoms with Crippen molar-refractivity contribution in [2.45, 2.75) is 18.2 Å². The molecule has 0 aromatic heterocycles. The summed E-state index contributed by atoms with van der Waals surface area (Å²) in [6.07, 6.45) is 1.39. The van der Waals surface area contributed by atoms with Crippen LogP contribution in [0.1, 0.15) is 34.1 Å². The second-order valence-corrected chi connectivity index (χ2v) is 6.70. The lowest BCUT2D eigenvalue weighted by Crippen LogP contribution is -1.96. The van der Waals surface area contributed by atoms with Crippen molar-refractivity contribution in [3.05, 3.63) is 71.8 Å². The average molecular weight is 381 g/mol. The first kappa shape index (κ1) is 16.6. The molecule has 3 heteroatoms. The van der Waals surface area contributed by atoms with Crippen LogP contribution in [0.5, 0.6) is 0 Å². The van der Waals surface area contributed by atoms with Gasteiger partial charge < -0.3 is 4.79 Å². The standard InChI is InChI=1S/C21H17BrO2/c1-2-21(24)19-5-3-4-14(12-19)15-6-7-17-11-18(20(22)13-23)9-8-16(17)10-15/h3-13,20H,2H2,1H3. The summed E-state index contributed by atoms with van der Waals surface area (Å²) in [6.45, 7) is 1.87. The maximum atomic E-state index is 11.9. The smallest absolute Gasteiger partial charge is 0.162 e. The summed E-state index contributed by atoms with van der Waals surface area (Å²) in [4.78, 5) is 22.5. The molecule has 0 bridgehead atoms. The van der Waals surface area contributed by atoms with Gasteiger partial charge in [-0.2, -0.15) is 0 Å². The third-order valence-corrected chi connectivity index (χ3v) is 4.89. The van der Waals surface area contributed by atoms with Crippen LogP contribution in [-0.2, 0) is 4.79 Å². The Morgan fingerprint density at radius 2 is 1.71 bits per heavy atom. The fourth-order valence-electron chi connectivity index (χ4n) is 2.77. The van der Waals surface area contributed by atoms with Gasteiger partial charge in [0.05, 0.1) is 4.83 Å². The van der Waals surface area contributed by atoms with Gasteiger partial charge in [0.15, 0.2) is 5.78 Å². The van der Waals surface area contributed by atoms with Crippen LogP contribution in [0, 0.1) is 0 Å². The fraction of sp³-hybridized carbons (Fsp3) is 0.143. The molecule has 0 radical (unpaired) electrons. The monoisotopic (exact) mass is 380 g/mol. The zero-order valence-electron chi connectivity index (χ0n) is 13.3. The highest BCUT2D eigenvalue weighted by atomic mass is 79.9. The molecular formula is C21H17BrO2. The Hall–Kier alpha value is -2.26. The SMILES string of the molecule is CCC(=O)c1cccc(-c2ccc3cc(C(Br)C=O)ccc3c2)c1. The van der Waals surface area contributed by atoms with E-state index in [9.17, 15) is 9.59 Å². The van der Waals surface area contributed by atoms with Crippen LogP contribution in [0.4, 0.5) is 0 Å². The molecule has 3 rings (SSSR count). The van der Waals surface area contributed by atoms with Crippen molar-refractivity contribution in [2.24, 2.45) is 0 Å². The molecule has 0 heterocycles. The van der Waals surface area contributed by atoms with Crippen LogP contribution in [0.15, 0.2) is 60.7 Å². The van der Waals surface area contributed by atoms with E-state index >= 15 is 0 Å². The first-order valence-electron chi connectivity index (χ1n) is 7.89. The van der Waals surface area contributed by atoms with Crippen LogP contribution in [0.2, 0.25) is 0 Å². The summed E-state index contributed by atoms with van der Waals surface area (Å²) in [7, 11) is 0. The zero-order valence-corrected chi connectivity index (χ0v) is 14.9. The summed E-state index contributed by atoms with van der Waals surface area (Å²) in [5, 5.41) is 2.19. The van der Waals surface area contributed by atoms with Gasteiger partial charge >= 0.3 is 0 Å². The van der Waals surface area contributed by atoms with Crippen LogP contribution in [0.25, 0.3) is 21.9 Å². The number of Topliss-reactive ketones (excluding diaryl/α,β-unsaturated/α-hetero) is 1. The van der Waals surface area contributed by atoms with E-state index in [2.05, 4.69) is 22.0 Å². The minimum atomic E-state index is -0.279. The van der Waals surface area contributed by atoms with E-state index in [1.807, 2.05) is 61.5 Å². The normalized spacial score (nSPS) is 12.1. The summed E-state index contributed by atoms with van der Waals surface area (Å²) in [6, 6.07) is 19.9. The molecule has 0 saturated heterocycles. The average Bonchev–Trinajstić information content (AvgIpc) is 2.65. The van der Waals surface area contributed by atoms with Crippen molar-refractivity contribution in [1.29, 1.82) is 0 Å². The van der Waals surface area contributed by atoms with E-state index < -0.39 is 0 Å². The Morgan fingerprint density at radius 1 is 1.00 bits per heavy atom. The fourth-order valence-corrected chi connectivity index (χ4v) is 3.05. The number of alkyl halides is 1. The van der Waals surface area contributed by atoms with E-state index in [0.717, 1.165) is 39.3 Å². The summed E-state index contributed by atoms with van der Waals surface area (Å²) in [5.74, 6) is 0.152. The Kier molecular flexibility index (Phi) is 4.91. The molecule has 2 nitrogen and oxygen atoms in total. The quantitative estimate of drug-likeness (QED) is 0.321. The lowest BCUT2D eigenvalue weighted by atomic mass is 9.97. The van der Waals surface area contributed by atoms with Crippen LogP contribution in [-0.4, -0.2) is 12.1 Å². The first-order valence-corrected chi connectivity index (χ1v) is 8.80. The Balaban J connectivity index is 2.02. The first-order chi connectivity index (χ1) is 11.6. The lowest BCUT2D eigenvalue weighted by Gasteiger charge is -2.08. The molecule has 3 aromatic rings. The lowest BCUT2D eigenvalue weighted by molar-refractivity contribution is -0.107. The number of hydrogen-bond acceptors (Lipinski definition) is 2. The second kappa shape index (κ2) is 7.10. The highest BCUT2D eigenvalue weighted by Gasteiger charge is 2.08. The highest BCUT2D eigenvalue weighted by Crippen LogP contribution is 2.29. The predicted octanol–water partition coefficient (Wildman–Crippen LogP) is 5.73. The number of carbonyl (C=O) groups excluding carboxylic acids is 2. The highest BCUT2D eigenvalue weighted by molar-refractivity contribution is 9.09. The molecular weight excluding hydrogens is 364 g/mol. The van der Waals surface area contributed by atoms with Crippen LogP contribution < -0.4 is 0 Å². The second-order valence-electron chi connectivity index (χ2n) is 5.72. The van der Waals surface area contributed by atoms with Gasteiger partial charge in [0.1, 0.15) is 6.29 Å². The maximum Gasteiger partial charge on any atom is 0.162 e. The van der Waals surface area contributed by atoms with Gasteiger partial charge in [-0.3, -0.25) is 4.79 Å². The number of halogens is 1. The number of rotatable bonds is 5. The topological polar surface area (TPSA) is 34.1 Å². The van der Waals surface area contributed by atoms with E-state index in [1.165, 1.54) is 0 Å². The number of aldehydes is 1. The summed E-state index contributed by atoms with van der Waals surface area (Å²) in [5.41, 5.74) is 3.80. The minimum absolute atomic E-state index is 0.152. The van der Waals surface area contributed by atoms with E-state index in [4.69, 9.17) is 0 Å². The zero-order chi connectivity index (χ0) is 17.1. The van der Waals surface area contributed by atoms with E-state index in [0.29, 0.717) is 6.42 Å². The number of fused-ring (bicyclic) bond motifs is 1. The number of hydrogen-bond donors (Lipinski definition) is 0. The van der Waals surface area contributed by atoms with Crippen LogP contribution >= 0.6 is 15.9 Å². The summed E-state index contributed by atoms with van der Waals surface area (Å²) < 4.78 is 0. The van der Waals surface area contributed by atoms with Gasteiger partial charge in [-0.25, -0.2) is 0 Å². The van der Waals surface area contributed by atoms with Gasteiger partial charge in [0.2, 0.25) is 0 Å². The number of carbonyl (C=O) groups is 2. The van der Waals surface area contributed by atoms with Crippen molar-refractivity contribution in [1.82, 2.24) is 0 Å². The largest absolute Gasteiger partial charge is 0.302 e. The molecule has 0 saturated carbocycles. The van der Waals surface area contributed by atoms with Crippen LogP contribution in [0.3, 0.4) is 0 Å². The third kappa shape index (κ3) is 3.31. The molecule has 120 valence electrons. The number of ketones is 1. The van der Waals surface area contributed by atoms with Gasteiger partial charge in [-0.05, 0) is 45.7 Å². The van der Waals surface area contributed by atoms with Gasteiger partial charge in [-0.15, -0.1) is 0 Å². The molecule has 0 aliphatic heterocycles.